The number of ether oxygens (including phenoxy) is 1. The van der Waals surface area contributed by atoms with E-state index >= 15 is 0 Å². The fourth-order valence-electron chi connectivity index (χ4n) is 2.66. The lowest BCUT2D eigenvalue weighted by Crippen LogP contribution is -2.36. The predicted molar refractivity (Wildman–Crippen MR) is 72.1 cm³/mol. The van der Waals surface area contributed by atoms with Crippen LogP contribution >= 0.6 is 0 Å². The molecule has 0 saturated carbocycles. The van der Waals surface area contributed by atoms with Gasteiger partial charge in [0.15, 0.2) is 6.10 Å². The van der Waals surface area contributed by atoms with Crippen LogP contribution in [0.5, 0.6) is 5.75 Å². The molecule has 0 aromatic carbocycles. The number of hydrogen-bond donors (Lipinski definition) is 1. The Morgan fingerprint density at radius 3 is 3.00 bits per heavy atom. The topological polar surface area (TPSA) is 61.2 Å². The van der Waals surface area contributed by atoms with Gasteiger partial charge < -0.3 is 15.0 Å². The standard InChI is InChI=1S/C14H18N4O/c1-18-4-2-11(3-5-18)17-14-7-10-6-12(8-15)19-13(10)9-16-14/h7,9,11-12H,2-6H2,1H3,(H,16,17). The Hall–Kier alpha value is -1.80. The number of hydrogen-bond acceptors (Lipinski definition) is 5. The second-order valence-electron chi connectivity index (χ2n) is 5.34. The van der Waals surface area contributed by atoms with Crippen molar-refractivity contribution >= 4 is 5.82 Å². The molecule has 0 spiro atoms. The van der Waals surface area contributed by atoms with E-state index in [0.717, 1.165) is 43.1 Å². The lowest BCUT2D eigenvalue weighted by Gasteiger charge is -2.29. The van der Waals surface area contributed by atoms with Gasteiger partial charge in [-0.1, -0.05) is 0 Å². The predicted octanol–water partition coefficient (Wildman–Crippen LogP) is 1.41. The van der Waals surface area contributed by atoms with Gasteiger partial charge in [-0.15, -0.1) is 0 Å². The van der Waals surface area contributed by atoms with Crippen LogP contribution in [-0.2, 0) is 6.42 Å². The summed E-state index contributed by atoms with van der Waals surface area (Å²) < 4.78 is 5.46. The fraction of sp³-hybridized carbons (Fsp3) is 0.571. The van der Waals surface area contributed by atoms with E-state index in [1.807, 2.05) is 6.07 Å². The number of fused-ring (bicyclic) bond motifs is 1. The maximum atomic E-state index is 8.88. The van der Waals surface area contributed by atoms with Crippen molar-refractivity contribution < 1.29 is 4.74 Å². The molecule has 0 amide bonds. The lowest BCUT2D eigenvalue weighted by atomic mass is 10.1. The molecule has 1 aromatic heterocycles. The molecule has 5 nitrogen and oxygen atoms in total. The van der Waals surface area contributed by atoms with Crippen LogP contribution in [0.1, 0.15) is 18.4 Å². The van der Waals surface area contributed by atoms with Gasteiger partial charge in [-0.05, 0) is 39.0 Å². The average Bonchev–Trinajstić information content (AvgIpc) is 2.83. The van der Waals surface area contributed by atoms with Crippen LogP contribution in [0.3, 0.4) is 0 Å². The van der Waals surface area contributed by atoms with Crippen molar-refractivity contribution in [1.82, 2.24) is 9.88 Å². The van der Waals surface area contributed by atoms with Gasteiger partial charge >= 0.3 is 0 Å². The third kappa shape index (κ3) is 2.64. The number of pyridine rings is 1. The first-order valence-electron chi connectivity index (χ1n) is 6.75. The molecule has 1 saturated heterocycles. The molecule has 0 bridgehead atoms. The molecule has 0 aliphatic carbocycles. The monoisotopic (exact) mass is 258 g/mol. The summed E-state index contributed by atoms with van der Waals surface area (Å²) in [7, 11) is 2.16. The maximum absolute atomic E-state index is 8.88. The van der Waals surface area contributed by atoms with E-state index in [1.54, 1.807) is 6.20 Å². The summed E-state index contributed by atoms with van der Waals surface area (Å²) in [5, 5.41) is 12.4. The van der Waals surface area contributed by atoms with Crippen molar-refractivity contribution in [2.24, 2.45) is 0 Å². The first-order valence-corrected chi connectivity index (χ1v) is 6.75. The summed E-state index contributed by atoms with van der Waals surface area (Å²) in [6, 6.07) is 4.66. The summed E-state index contributed by atoms with van der Waals surface area (Å²) >= 11 is 0. The molecule has 3 rings (SSSR count). The molecule has 2 aliphatic rings. The summed E-state index contributed by atoms with van der Waals surface area (Å²) in [6.45, 7) is 2.25. The molecule has 100 valence electrons. The van der Waals surface area contributed by atoms with Crippen molar-refractivity contribution in [1.29, 1.82) is 5.26 Å². The molecular formula is C14H18N4O. The van der Waals surface area contributed by atoms with Crippen molar-refractivity contribution in [3.05, 3.63) is 17.8 Å². The highest BCUT2D eigenvalue weighted by atomic mass is 16.5. The minimum atomic E-state index is -0.351. The quantitative estimate of drug-likeness (QED) is 0.869. The summed E-state index contributed by atoms with van der Waals surface area (Å²) in [5.41, 5.74) is 1.08. The highest BCUT2D eigenvalue weighted by Gasteiger charge is 2.24. The number of rotatable bonds is 2. The molecule has 3 heterocycles. The van der Waals surface area contributed by atoms with Gasteiger partial charge in [-0.25, -0.2) is 4.98 Å². The molecule has 1 aromatic rings. The zero-order chi connectivity index (χ0) is 13.2. The van der Waals surface area contributed by atoms with Crippen LogP contribution in [-0.4, -0.2) is 42.2 Å². The second-order valence-corrected chi connectivity index (χ2v) is 5.34. The number of nitrogens with zero attached hydrogens (tertiary/aromatic N) is 3. The number of aromatic nitrogens is 1. The van der Waals surface area contributed by atoms with Gasteiger partial charge in [0.05, 0.1) is 6.20 Å². The van der Waals surface area contributed by atoms with Crippen LogP contribution in [0.2, 0.25) is 0 Å². The zero-order valence-electron chi connectivity index (χ0n) is 11.1. The van der Waals surface area contributed by atoms with Crippen LogP contribution in [0, 0.1) is 11.3 Å². The summed E-state index contributed by atoms with van der Waals surface area (Å²) in [5.74, 6) is 1.65. The molecule has 0 radical (unpaired) electrons. The number of piperidine rings is 1. The van der Waals surface area contributed by atoms with E-state index in [2.05, 4.69) is 28.3 Å². The highest BCUT2D eigenvalue weighted by Crippen LogP contribution is 2.29. The van der Waals surface area contributed by atoms with Gasteiger partial charge in [0.25, 0.3) is 0 Å². The molecule has 1 N–H and O–H groups in total. The third-order valence-electron chi connectivity index (χ3n) is 3.84. The van der Waals surface area contributed by atoms with Gasteiger partial charge in [0, 0.05) is 18.0 Å². The van der Waals surface area contributed by atoms with Crippen molar-refractivity contribution in [3.63, 3.8) is 0 Å². The lowest BCUT2D eigenvalue weighted by molar-refractivity contribution is 0.263. The smallest absolute Gasteiger partial charge is 0.188 e. The zero-order valence-corrected chi connectivity index (χ0v) is 11.1. The second kappa shape index (κ2) is 5.06. The maximum Gasteiger partial charge on any atom is 0.188 e. The first kappa shape index (κ1) is 12.2. The average molecular weight is 258 g/mol. The molecular weight excluding hydrogens is 240 g/mol. The Bertz CT molecular complexity index is 503. The van der Waals surface area contributed by atoms with E-state index in [4.69, 9.17) is 10.00 Å². The summed E-state index contributed by atoms with van der Waals surface area (Å²) in [6.07, 6.45) is 4.33. The first-order chi connectivity index (χ1) is 9.24. The minimum Gasteiger partial charge on any atom is -0.473 e. The molecule has 1 unspecified atom stereocenters. The van der Waals surface area contributed by atoms with E-state index in [-0.39, 0.29) is 6.10 Å². The van der Waals surface area contributed by atoms with E-state index in [1.165, 1.54) is 0 Å². The van der Waals surface area contributed by atoms with Gasteiger partial charge in [-0.2, -0.15) is 5.26 Å². The summed E-state index contributed by atoms with van der Waals surface area (Å²) in [4.78, 5) is 6.72. The Labute approximate surface area is 113 Å². The van der Waals surface area contributed by atoms with Crippen molar-refractivity contribution in [2.45, 2.75) is 31.4 Å². The third-order valence-corrected chi connectivity index (χ3v) is 3.84. The van der Waals surface area contributed by atoms with Gasteiger partial charge in [0.2, 0.25) is 0 Å². The van der Waals surface area contributed by atoms with E-state index in [0.29, 0.717) is 12.5 Å². The Balaban J connectivity index is 1.66. The number of nitrogens with one attached hydrogen (secondary N) is 1. The van der Waals surface area contributed by atoms with Crippen molar-refractivity contribution in [2.75, 3.05) is 25.5 Å². The SMILES string of the molecule is CN1CCC(Nc2cc3c(cn2)OC(C#N)C3)CC1. The van der Waals surface area contributed by atoms with Crippen LogP contribution in [0.15, 0.2) is 12.3 Å². The van der Waals surface area contributed by atoms with Crippen LogP contribution in [0.25, 0.3) is 0 Å². The molecule has 1 atom stereocenters. The Kier molecular flexibility index (Phi) is 3.26. The highest BCUT2D eigenvalue weighted by molar-refractivity contribution is 5.47. The minimum absolute atomic E-state index is 0.351. The number of nitriles is 1. The Morgan fingerprint density at radius 1 is 1.47 bits per heavy atom. The largest absolute Gasteiger partial charge is 0.473 e. The van der Waals surface area contributed by atoms with Crippen molar-refractivity contribution in [3.8, 4) is 11.8 Å². The fourth-order valence-corrected chi connectivity index (χ4v) is 2.66. The molecule has 1 fully saturated rings. The normalized spacial score (nSPS) is 23.5. The molecule has 5 heteroatoms. The number of anilines is 1. The molecule has 2 aliphatic heterocycles. The number of likely N-dealkylation sites (tertiary alicyclic amines) is 1. The molecule has 19 heavy (non-hydrogen) atoms. The van der Waals surface area contributed by atoms with E-state index < -0.39 is 0 Å². The Morgan fingerprint density at radius 2 is 2.26 bits per heavy atom. The van der Waals surface area contributed by atoms with Crippen LogP contribution in [0.4, 0.5) is 5.82 Å². The van der Waals surface area contributed by atoms with E-state index in [9.17, 15) is 0 Å². The van der Waals surface area contributed by atoms with Crippen LogP contribution < -0.4 is 10.1 Å². The van der Waals surface area contributed by atoms with Gasteiger partial charge in [-0.3, -0.25) is 0 Å². The van der Waals surface area contributed by atoms with Gasteiger partial charge in [0.1, 0.15) is 17.6 Å².